The normalized spacial score (nSPS) is 33.7. The molecule has 11 heteroatoms. The van der Waals surface area contributed by atoms with Gasteiger partial charge in [-0.2, -0.15) is 0 Å². The molecule has 4 unspecified atom stereocenters. The molecule has 0 bridgehead atoms. The van der Waals surface area contributed by atoms with Crippen LogP contribution in [0.2, 0.25) is 0 Å². The minimum atomic E-state index is -2.80. The second-order valence-corrected chi connectivity index (χ2v) is 5.29. The van der Waals surface area contributed by atoms with E-state index in [1.165, 1.54) is 0 Å². The Morgan fingerprint density at radius 3 is 2.30 bits per heavy atom. The standard InChI is InChI=1S/C12H21NO10/c14-2-5(7(18)3-15)10-9(13-8(19)4-16)6(17)1-12(22,23-10)11(20)21/h5-7,9-10,14-18,22H,1-4H2,(H,13,19)(H,20,21)/t5?,6?,7?,9-,10?,12-/m1/s1. The third-order valence-electron chi connectivity index (χ3n) is 3.70. The molecule has 1 heterocycles. The number of aliphatic hydroxyl groups excluding tert-OH is 5. The number of aliphatic carboxylic acids is 1. The van der Waals surface area contributed by atoms with Gasteiger partial charge in [-0.25, -0.2) is 4.79 Å². The van der Waals surface area contributed by atoms with Gasteiger partial charge in [0.15, 0.2) is 0 Å². The Kier molecular flexibility index (Phi) is 6.83. The molecular formula is C12H21NO10. The molecule has 11 nitrogen and oxygen atoms in total. The maximum atomic E-state index is 11.3. The summed E-state index contributed by atoms with van der Waals surface area (Å²) < 4.78 is 5.01. The molecule has 134 valence electrons. The van der Waals surface area contributed by atoms with E-state index in [1.54, 1.807) is 0 Å². The van der Waals surface area contributed by atoms with Crippen LogP contribution in [0, 0.1) is 5.92 Å². The van der Waals surface area contributed by atoms with E-state index in [4.69, 9.17) is 20.1 Å². The molecule has 8 N–H and O–H groups in total. The zero-order chi connectivity index (χ0) is 17.8. The molecule has 0 aromatic rings. The second kappa shape index (κ2) is 7.97. The zero-order valence-electron chi connectivity index (χ0n) is 12.1. The van der Waals surface area contributed by atoms with Crippen LogP contribution in [0.5, 0.6) is 0 Å². The Hall–Kier alpha value is -1.34. The number of carbonyl (C=O) groups excluding carboxylic acids is 1. The smallest absolute Gasteiger partial charge is 0.364 e. The van der Waals surface area contributed by atoms with Gasteiger partial charge >= 0.3 is 5.97 Å². The van der Waals surface area contributed by atoms with E-state index in [0.717, 1.165) is 0 Å². The molecule has 1 saturated heterocycles. The van der Waals surface area contributed by atoms with Crippen LogP contribution >= 0.6 is 0 Å². The first-order chi connectivity index (χ1) is 10.7. The van der Waals surface area contributed by atoms with Crippen LogP contribution < -0.4 is 5.32 Å². The average molecular weight is 339 g/mol. The van der Waals surface area contributed by atoms with Crippen molar-refractivity contribution in [3.8, 4) is 0 Å². The molecule has 1 amide bonds. The third kappa shape index (κ3) is 4.35. The van der Waals surface area contributed by atoms with Crippen LogP contribution in [-0.2, 0) is 14.3 Å². The first-order valence-corrected chi connectivity index (χ1v) is 6.81. The van der Waals surface area contributed by atoms with Gasteiger partial charge in [0.05, 0.1) is 37.6 Å². The number of carbonyl (C=O) groups is 2. The van der Waals surface area contributed by atoms with E-state index in [-0.39, 0.29) is 0 Å². The number of nitrogens with one attached hydrogen (secondary N) is 1. The summed E-state index contributed by atoms with van der Waals surface area (Å²) in [5, 5.41) is 68.0. The fourth-order valence-corrected chi connectivity index (χ4v) is 2.46. The van der Waals surface area contributed by atoms with Gasteiger partial charge in [0.1, 0.15) is 6.61 Å². The molecule has 1 aliphatic rings. The monoisotopic (exact) mass is 339 g/mol. The number of carboxylic acid groups (broad SMARTS) is 1. The lowest BCUT2D eigenvalue weighted by Gasteiger charge is -2.45. The molecule has 0 spiro atoms. The Morgan fingerprint density at radius 1 is 1.26 bits per heavy atom. The van der Waals surface area contributed by atoms with Crippen LogP contribution in [0.3, 0.4) is 0 Å². The van der Waals surface area contributed by atoms with Crippen molar-refractivity contribution in [2.24, 2.45) is 5.92 Å². The molecule has 1 fully saturated rings. The van der Waals surface area contributed by atoms with Crippen molar-refractivity contribution < 1.29 is 50.1 Å². The molecular weight excluding hydrogens is 318 g/mol. The van der Waals surface area contributed by atoms with Gasteiger partial charge in [-0.15, -0.1) is 0 Å². The lowest BCUT2D eigenvalue weighted by atomic mass is 9.84. The minimum Gasteiger partial charge on any atom is -0.477 e. The van der Waals surface area contributed by atoms with Gasteiger partial charge < -0.3 is 45.8 Å². The lowest BCUT2D eigenvalue weighted by molar-refractivity contribution is -0.291. The fraction of sp³-hybridized carbons (Fsp3) is 0.833. The van der Waals surface area contributed by atoms with Crippen molar-refractivity contribution in [2.45, 2.75) is 36.6 Å². The van der Waals surface area contributed by atoms with E-state index in [1.807, 2.05) is 0 Å². The number of aliphatic hydroxyl groups is 6. The molecule has 1 aliphatic heterocycles. The summed E-state index contributed by atoms with van der Waals surface area (Å²) in [6, 6.07) is -1.33. The summed E-state index contributed by atoms with van der Waals surface area (Å²) in [6.45, 7) is -2.53. The SMILES string of the molecule is O=C(CO)N[C@@H]1C(O)C[C@](O)(C(=O)O)OC1C(CO)C(O)CO. The maximum absolute atomic E-state index is 11.3. The van der Waals surface area contributed by atoms with Crippen molar-refractivity contribution in [1.82, 2.24) is 5.32 Å². The van der Waals surface area contributed by atoms with E-state index in [9.17, 15) is 30.0 Å². The van der Waals surface area contributed by atoms with Crippen LogP contribution in [0.25, 0.3) is 0 Å². The molecule has 1 rings (SSSR count). The predicted molar refractivity (Wildman–Crippen MR) is 70.8 cm³/mol. The summed E-state index contributed by atoms with van der Waals surface area (Å²) in [7, 11) is 0. The highest BCUT2D eigenvalue weighted by Crippen LogP contribution is 2.32. The summed E-state index contributed by atoms with van der Waals surface area (Å²) >= 11 is 0. The van der Waals surface area contributed by atoms with Gasteiger partial charge in [0.2, 0.25) is 5.91 Å². The number of ether oxygens (including phenoxy) is 1. The topological polar surface area (TPSA) is 197 Å². The largest absolute Gasteiger partial charge is 0.477 e. The Bertz CT molecular complexity index is 432. The van der Waals surface area contributed by atoms with Gasteiger partial charge in [-0.1, -0.05) is 0 Å². The van der Waals surface area contributed by atoms with Gasteiger partial charge in [0, 0.05) is 12.3 Å². The Morgan fingerprint density at radius 2 is 1.87 bits per heavy atom. The van der Waals surface area contributed by atoms with Crippen molar-refractivity contribution in [1.29, 1.82) is 0 Å². The average Bonchev–Trinajstić information content (AvgIpc) is 2.50. The first kappa shape index (κ1) is 19.7. The number of rotatable bonds is 7. The second-order valence-electron chi connectivity index (χ2n) is 5.29. The molecule has 0 saturated carbocycles. The third-order valence-corrected chi connectivity index (χ3v) is 3.70. The van der Waals surface area contributed by atoms with E-state index >= 15 is 0 Å². The van der Waals surface area contributed by atoms with Gasteiger partial charge in [-0.05, 0) is 0 Å². The van der Waals surface area contributed by atoms with E-state index < -0.39 is 74.2 Å². The van der Waals surface area contributed by atoms with Crippen molar-refractivity contribution >= 4 is 11.9 Å². The van der Waals surface area contributed by atoms with Gasteiger partial charge in [0.25, 0.3) is 5.79 Å². The Labute approximate surface area is 130 Å². The number of carboxylic acids is 1. The molecule has 0 aromatic heterocycles. The molecule has 6 atom stereocenters. The summed E-state index contributed by atoms with van der Waals surface area (Å²) in [6.07, 6.45) is -5.50. The van der Waals surface area contributed by atoms with Crippen molar-refractivity contribution in [3.63, 3.8) is 0 Å². The highest BCUT2D eigenvalue weighted by molar-refractivity contribution is 5.78. The summed E-state index contributed by atoms with van der Waals surface area (Å²) in [4.78, 5) is 22.5. The van der Waals surface area contributed by atoms with Crippen LogP contribution in [0.15, 0.2) is 0 Å². The maximum Gasteiger partial charge on any atom is 0.364 e. The quantitative estimate of drug-likeness (QED) is 0.223. The minimum absolute atomic E-state index is 0.789. The fourth-order valence-electron chi connectivity index (χ4n) is 2.46. The van der Waals surface area contributed by atoms with E-state index in [2.05, 4.69) is 5.32 Å². The molecule has 23 heavy (non-hydrogen) atoms. The molecule has 0 aliphatic carbocycles. The van der Waals surface area contributed by atoms with Crippen LogP contribution in [0.1, 0.15) is 6.42 Å². The highest BCUT2D eigenvalue weighted by Gasteiger charge is 2.53. The first-order valence-electron chi connectivity index (χ1n) is 6.81. The summed E-state index contributed by atoms with van der Waals surface area (Å²) in [5.74, 6) is -6.83. The molecule has 0 radical (unpaired) electrons. The highest BCUT2D eigenvalue weighted by atomic mass is 16.7. The Balaban J connectivity index is 3.15. The van der Waals surface area contributed by atoms with Crippen LogP contribution in [0.4, 0.5) is 0 Å². The number of hydrogen-bond donors (Lipinski definition) is 8. The van der Waals surface area contributed by atoms with Crippen LogP contribution in [-0.4, -0.2) is 97.6 Å². The van der Waals surface area contributed by atoms with Gasteiger partial charge in [-0.3, -0.25) is 4.79 Å². The number of hydrogen-bond acceptors (Lipinski definition) is 9. The van der Waals surface area contributed by atoms with Crippen molar-refractivity contribution in [3.05, 3.63) is 0 Å². The summed E-state index contributed by atoms with van der Waals surface area (Å²) in [5.41, 5.74) is 0. The molecule has 0 aromatic carbocycles. The zero-order valence-corrected chi connectivity index (χ0v) is 12.1. The van der Waals surface area contributed by atoms with E-state index in [0.29, 0.717) is 0 Å². The predicted octanol–water partition coefficient (Wildman–Crippen LogP) is -4.65. The van der Waals surface area contributed by atoms with Crippen molar-refractivity contribution in [2.75, 3.05) is 19.8 Å². The number of amides is 1. The lowest BCUT2D eigenvalue weighted by Crippen LogP contribution is -2.66.